The third-order valence-electron chi connectivity index (χ3n) is 5.24. The Morgan fingerprint density at radius 3 is 2.66 bits per heavy atom. The molecule has 0 radical (unpaired) electrons. The molecule has 2 fully saturated rings. The first-order valence-corrected chi connectivity index (χ1v) is 9.97. The predicted molar refractivity (Wildman–Crippen MR) is 104 cm³/mol. The lowest BCUT2D eigenvalue weighted by atomic mass is 10.0. The second kappa shape index (κ2) is 11.0. The average Bonchev–Trinajstić information content (AvgIpc) is 2.78. The Morgan fingerprint density at radius 2 is 2.00 bits per heavy atom. The molecule has 1 aromatic rings. The Balaban J connectivity index is 1.36. The monoisotopic (exact) mass is 404 g/mol. The van der Waals surface area contributed by atoms with Gasteiger partial charge in [0.1, 0.15) is 0 Å². The molecule has 3 rings (SSSR count). The molecule has 2 aliphatic heterocycles. The number of carbonyl (C=O) groups excluding carboxylic acids is 2. The van der Waals surface area contributed by atoms with Crippen molar-refractivity contribution in [2.75, 3.05) is 26.3 Å². The summed E-state index contributed by atoms with van der Waals surface area (Å²) in [6.45, 7) is 3.86. The minimum atomic E-state index is -0.592. The lowest BCUT2D eigenvalue weighted by Gasteiger charge is -2.32. The van der Waals surface area contributed by atoms with E-state index in [9.17, 15) is 9.59 Å². The summed E-state index contributed by atoms with van der Waals surface area (Å²) in [6, 6.07) is 3.99. The molecular weight excluding hydrogens is 376 g/mol. The summed E-state index contributed by atoms with van der Waals surface area (Å²) in [5.41, 5.74) is 6.22. The molecule has 0 bridgehead atoms. The van der Waals surface area contributed by atoms with E-state index in [4.69, 9.17) is 14.8 Å². The molecule has 2 saturated heterocycles. The number of aromatic nitrogens is 1. The van der Waals surface area contributed by atoms with Crippen LogP contribution in [0.1, 0.15) is 36.9 Å². The normalized spacial score (nSPS) is 19.3. The zero-order valence-electron chi connectivity index (χ0n) is 16.4. The molecule has 9 heteroatoms. The second-order valence-corrected chi connectivity index (χ2v) is 7.38. The topological polar surface area (TPSA) is 113 Å². The van der Waals surface area contributed by atoms with Gasteiger partial charge in [0.05, 0.1) is 11.6 Å². The van der Waals surface area contributed by atoms with Gasteiger partial charge in [-0.05, 0) is 43.4 Å². The van der Waals surface area contributed by atoms with Crippen LogP contribution < -0.4 is 11.0 Å². The Kier molecular flexibility index (Phi) is 8.12. The fourth-order valence-electron chi connectivity index (χ4n) is 3.45. The van der Waals surface area contributed by atoms with Gasteiger partial charge in [-0.2, -0.15) is 0 Å². The Bertz CT molecular complexity index is 695. The van der Waals surface area contributed by atoms with Crippen LogP contribution in [-0.2, 0) is 25.7 Å². The number of pyridine rings is 1. The molecule has 3 heterocycles. The standard InChI is InChI=1S/C20H28N4O5/c25-19(22-27)4-3-17-2-1-15(13-21-17)14-24-9-5-18(6-10-24)23-29-20(26)16-7-11-28-12-8-16/h1-4,13,16,18,23,27H,5-12,14H2,(H,22,25). The predicted octanol–water partition coefficient (Wildman–Crippen LogP) is 1.04. The van der Waals surface area contributed by atoms with E-state index in [1.165, 1.54) is 17.6 Å². The van der Waals surface area contributed by atoms with Crippen LogP contribution in [0, 0.1) is 5.92 Å². The van der Waals surface area contributed by atoms with Gasteiger partial charge in [-0.15, -0.1) is 5.48 Å². The first-order valence-electron chi connectivity index (χ1n) is 9.97. The van der Waals surface area contributed by atoms with Crippen molar-refractivity contribution in [2.24, 2.45) is 5.92 Å². The van der Waals surface area contributed by atoms with Gasteiger partial charge in [0.25, 0.3) is 5.91 Å². The van der Waals surface area contributed by atoms with Crippen LogP contribution in [0.4, 0.5) is 0 Å². The first kappa shape index (κ1) is 21.4. The number of hydroxylamine groups is 2. The molecule has 0 spiro atoms. The molecular formula is C20H28N4O5. The van der Waals surface area contributed by atoms with Crippen molar-refractivity contribution in [3.63, 3.8) is 0 Å². The van der Waals surface area contributed by atoms with Gasteiger partial charge in [0, 0.05) is 51.2 Å². The van der Waals surface area contributed by atoms with Crippen LogP contribution in [0.15, 0.2) is 24.4 Å². The lowest BCUT2D eigenvalue weighted by molar-refractivity contribution is -0.162. The van der Waals surface area contributed by atoms with Crippen molar-refractivity contribution in [3.05, 3.63) is 35.7 Å². The number of carbonyl (C=O) groups is 2. The lowest BCUT2D eigenvalue weighted by Crippen LogP contribution is -2.43. The van der Waals surface area contributed by atoms with Crippen molar-refractivity contribution < 1.29 is 24.4 Å². The smallest absolute Gasteiger partial charge is 0.327 e. The molecule has 1 aromatic heterocycles. The van der Waals surface area contributed by atoms with Crippen molar-refractivity contribution >= 4 is 18.0 Å². The number of amides is 1. The van der Waals surface area contributed by atoms with E-state index in [2.05, 4.69) is 15.4 Å². The number of hydrogen-bond donors (Lipinski definition) is 3. The summed E-state index contributed by atoms with van der Waals surface area (Å²) >= 11 is 0. The summed E-state index contributed by atoms with van der Waals surface area (Å²) < 4.78 is 5.27. The van der Waals surface area contributed by atoms with Gasteiger partial charge in [0.2, 0.25) is 0 Å². The maximum Gasteiger partial charge on any atom is 0.327 e. The first-order chi connectivity index (χ1) is 14.1. The molecule has 0 saturated carbocycles. The molecule has 3 N–H and O–H groups in total. The number of piperidine rings is 1. The largest absolute Gasteiger partial charge is 0.381 e. The maximum atomic E-state index is 12.1. The van der Waals surface area contributed by atoms with Gasteiger partial charge in [0.15, 0.2) is 0 Å². The summed E-state index contributed by atoms with van der Waals surface area (Å²) in [5, 5.41) is 8.47. The Morgan fingerprint density at radius 1 is 1.24 bits per heavy atom. The highest BCUT2D eigenvalue weighted by atomic mass is 16.7. The number of nitrogens with zero attached hydrogens (tertiary/aromatic N) is 2. The van der Waals surface area contributed by atoms with E-state index >= 15 is 0 Å². The molecule has 0 atom stereocenters. The van der Waals surface area contributed by atoms with Gasteiger partial charge >= 0.3 is 5.97 Å². The molecule has 0 aromatic carbocycles. The quantitative estimate of drug-likeness (QED) is 0.351. The Labute approximate surface area is 170 Å². The van der Waals surface area contributed by atoms with Crippen LogP contribution in [0.25, 0.3) is 6.08 Å². The fraction of sp³-hybridized carbons (Fsp3) is 0.550. The van der Waals surface area contributed by atoms with E-state index in [1.807, 2.05) is 12.1 Å². The van der Waals surface area contributed by atoms with Crippen molar-refractivity contribution in [1.82, 2.24) is 20.8 Å². The molecule has 158 valence electrons. The van der Waals surface area contributed by atoms with Crippen molar-refractivity contribution in [2.45, 2.75) is 38.3 Å². The van der Waals surface area contributed by atoms with Gasteiger partial charge < -0.3 is 9.57 Å². The number of ether oxygens (including phenoxy) is 1. The highest BCUT2D eigenvalue weighted by molar-refractivity contribution is 5.90. The SMILES string of the molecule is O=C(C=Cc1ccc(CN2CCC(NOC(=O)C3CCOCC3)CC2)cn1)NO. The summed E-state index contributed by atoms with van der Waals surface area (Å²) in [4.78, 5) is 35.0. The van der Waals surface area contributed by atoms with E-state index in [0.29, 0.717) is 18.9 Å². The molecule has 0 aliphatic carbocycles. The van der Waals surface area contributed by atoms with E-state index in [-0.39, 0.29) is 17.9 Å². The van der Waals surface area contributed by atoms with Crippen LogP contribution in [-0.4, -0.2) is 59.3 Å². The van der Waals surface area contributed by atoms with E-state index in [0.717, 1.165) is 50.9 Å². The highest BCUT2D eigenvalue weighted by Gasteiger charge is 2.25. The molecule has 29 heavy (non-hydrogen) atoms. The summed E-state index contributed by atoms with van der Waals surface area (Å²) in [7, 11) is 0. The fourth-order valence-corrected chi connectivity index (χ4v) is 3.45. The minimum absolute atomic E-state index is 0.0559. The summed E-state index contributed by atoms with van der Waals surface area (Å²) in [6.07, 6.45) is 7.82. The van der Waals surface area contributed by atoms with Gasteiger partial charge in [-0.1, -0.05) is 6.07 Å². The minimum Gasteiger partial charge on any atom is -0.381 e. The highest BCUT2D eigenvalue weighted by Crippen LogP contribution is 2.17. The van der Waals surface area contributed by atoms with Crippen LogP contribution in [0.5, 0.6) is 0 Å². The molecule has 2 aliphatic rings. The third kappa shape index (κ3) is 6.90. The second-order valence-electron chi connectivity index (χ2n) is 7.38. The van der Waals surface area contributed by atoms with Crippen LogP contribution in [0.2, 0.25) is 0 Å². The zero-order valence-corrected chi connectivity index (χ0v) is 16.4. The maximum absolute atomic E-state index is 12.1. The number of nitrogens with one attached hydrogen (secondary N) is 2. The molecule has 9 nitrogen and oxygen atoms in total. The zero-order chi connectivity index (χ0) is 20.5. The number of rotatable bonds is 7. The number of likely N-dealkylation sites (tertiary alicyclic amines) is 1. The Hall–Kier alpha value is -2.33. The van der Waals surface area contributed by atoms with Crippen LogP contribution in [0.3, 0.4) is 0 Å². The number of hydrogen-bond acceptors (Lipinski definition) is 8. The van der Waals surface area contributed by atoms with Gasteiger partial charge in [-0.25, -0.2) is 5.48 Å². The molecule has 0 unspecified atom stereocenters. The third-order valence-corrected chi connectivity index (χ3v) is 5.24. The van der Waals surface area contributed by atoms with E-state index in [1.54, 1.807) is 6.20 Å². The van der Waals surface area contributed by atoms with E-state index < -0.39 is 5.91 Å². The van der Waals surface area contributed by atoms with Gasteiger partial charge in [-0.3, -0.25) is 24.7 Å². The van der Waals surface area contributed by atoms with Crippen molar-refractivity contribution in [3.8, 4) is 0 Å². The average molecular weight is 404 g/mol. The summed E-state index contributed by atoms with van der Waals surface area (Å²) in [5.74, 6) is -0.821. The molecule has 1 amide bonds. The van der Waals surface area contributed by atoms with Crippen LogP contribution >= 0.6 is 0 Å². The van der Waals surface area contributed by atoms with Crippen molar-refractivity contribution in [1.29, 1.82) is 0 Å².